The minimum Gasteiger partial charge on any atom is -0.393 e. The Bertz CT molecular complexity index is 1140. The monoisotopic (exact) mass is 451 g/mol. The predicted molar refractivity (Wildman–Crippen MR) is 114 cm³/mol. The van der Waals surface area contributed by atoms with Crippen molar-refractivity contribution < 1.29 is 18.1 Å². The third-order valence-corrected chi connectivity index (χ3v) is 6.22. The Balaban J connectivity index is 1.49. The lowest BCUT2D eigenvalue weighted by Gasteiger charge is -2.14. The quantitative estimate of drug-likeness (QED) is 0.406. The van der Waals surface area contributed by atoms with Crippen molar-refractivity contribution in [3.8, 4) is 0 Å². The Morgan fingerprint density at radius 2 is 1.93 bits per heavy atom. The van der Waals surface area contributed by atoms with Gasteiger partial charge in [0.2, 0.25) is 0 Å². The third kappa shape index (κ3) is 4.73. The van der Waals surface area contributed by atoms with Crippen LogP contribution in [-0.4, -0.2) is 45.3 Å². The molecule has 11 heteroatoms. The van der Waals surface area contributed by atoms with Gasteiger partial charge in [-0.25, -0.2) is 9.97 Å². The molecule has 0 bridgehead atoms. The summed E-state index contributed by atoms with van der Waals surface area (Å²) in [5.41, 5.74) is 1.81. The molecular formula is C19H22ClN5O4S. The predicted octanol–water partition coefficient (Wildman–Crippen LogP) is 2.40. The SMILES string of the molecule is O=S(=O)(O)NC[C@@H]1C[C@@H](n2ccc3c(NCc4ccc(Cl)cc4)ncnc32)C[C@@H]1O. The summed E-state index contributed by atoms with van der Waals surface area (Å²) >= 11 is 5.93. The smallest absolute Gasteiger partial charge is 0.333 e. The number of aromatic nitrogens is 3. The standard InChI is InChI=1S/C19H22ClN5O4S/c20-14-3-1-12(2-4-14)9-21-18-16-5-6-25(19(16)23-11-22-18)15-7-13(17(26)8-15)10-24-30(27,28)29/h1-6,11,13,15,17,24,26H,7-10H2,(H,21,22,23)(H,27,28,29)/t13-,15+,17-/m0/s1. The van der Waals surface area contributed by atoms with E-state index in [1.807, 2.05) is 41.1 Å². The summed E-state index contributed by atoms with van der Waals surface area (Å²) in [6, 6.07) is 9.45. The first-order valence-corrected chi connectivity index (χ1v) is 11.3. The van der Waals surface area contributed by atoms with Crippen LogP contribution in [-0.2, 0) is 16.8 Å². The molecule has 1 fully saturated rings. The van der Waals surface area contributed by atoms with Gasteiger partial charge in [-0.15, -0.1) is 0 Å². The van der Waals surface area contributed by atoms with Crippen molar-refractivity contribution in [2.45, 2.75) is 31.5 Å². The second-order valence-corrected chi connectivity index (χ2v) is 9.11. The van der Waals surface area contributed by atoms with Gasteiger partial charge in [-0.05, 0) is 36.6 Å². The highest BCUT2D eigenvalue weighted by molar-refractivity contribution is 7.83. The Morgan fingerprint density at radius 1 is 1.17 bits per heavy atom. The highest BCUT2D eigenvalue weighted by Crippen LogP contribution is 2.37. The van der Waals surface area contributed by atoms with Crippen molar-refractivity contribution in [1.29, 1.82) is 0 Å². The topological polar surface area (TPSA) is 129 Å². The molecule has 4 N–H and O–H groups in total. The summed E-state index contributed by atoms with van der Waals surface area (Å²) in [4.78, 5) is 8.76. The van der Waals surface area contributed by atoms with Gasteiger partial charge in [0.05, 0.1) is 11.5 Å². The summed E-state index contributed by atoms with van der Waals surface area (Å²) < 4.78 is 34.8. The number of hydrogen-bond donors (Lipinski definition) is 4. The fourth-order valence-electron chi connectivity index (χ4n) is 3.93. The highest BCUT2D eigenvalue weighted by atomic mass is 35.5. The van der Waals surface area contributed by atoms with Crippen LogP contribution in [0.15, 0.2) is 42.9 Å². The molecule has 0 unspecified atom stereocenters. The minimum absolute atomic E-state index is 0.0153. The fraction of sp³-hybridized carbons (Fsp3) is 0.368. The average Bonchev–Trinajstić information content (AvgIpc) is 3.29. The van der Waals surface area contributed by atoms with Crippen LogP contribution in [0.25, 0.3) is 11.0 Å². The van der Waals surface area contributed by atoms with Crippen molar-refractivity contribution in [1.82, 2.24) is 19.3 Å². The van der Waals surface area contributed by atoms with Gasteiger partial charge in [-0.3, -0.25) is 4.55 Å². The van der Waals surface area contributed by atoms with Crippen molar-refractivity contribution in [3.63, 3.8) is 0 Å². The van der Waals surface area contributed by atoms with Crippen LogP contribution >= 0.6 is 11.6 Å². The molecule has 0 radical (unpaired) electrons. The number of aliphatic hydroxyl groups excluding tert-OH is 1. The van der Waals surface area contributed by atoms with Crippen LogP contribution in [0.3, 0.4) is 0 Å². The zero-order chi connectivity index (χ0) is 21.3. The first-order chi connectivity index (χ1) is 14.3. The maximum absolute atomic E-state index is 10.9. The zero-order valence-corrected chi connectivity index (χ0v) is 17.5. The van der Waals surface area contributed by atoms with Crippen LogP contribution in [0.4, 0.5) is 5.82 Å². The van der Waals surface area contributed by atoms with E-state index in [2.05, 4.69) is 20.0 Å². The molecule has 2 heterocycles. The van der Waals surface area contributed by atoms with Gasteiger partial charge < -0.3 is 15.0 Å². The number of fused-ring (bicyclic) bond motifs is 1. The van der Waals surface area contributed by atoms with Crippen molar-refractivity contribution in [2.24, 2.45) is 5.92 Å². The highest BCUT2D eigenvalue weighted by Gasteiger charge is 2.35. The van der Waals surface area contributed by atoms with E-state index in [1.165, 1.54) is 6.33 Å². The number of aliphatic hydroxyl groups is 1. The lowest BCUT2D eigenvalue weighted by molar-refractivity contribution is 0.133. The summed E-state index contributed by atoms with van der Waals surface area (Å²) in [6.07, 6.45) is 3.75. The van der Waals surface area contributed by atoms with Gasteiger partial charge in [-0.2, -0.15) is 13.1 Å². The van der Waals surface area contributed by atoms with Crippen molar-refractivity contribution in [2.75, 3.05) is 11.9 Å². The van der Waals surface area contributed by atoms with Gasteiger partial charge in [0.1, 0.15) is 17.8 Å². The number of halogens is 1. The van der Waals surface area contributed by atoms with E-state index in [0.717, 1.165) is 16.6 Å². The molecule has 1 aliphatic rings. The Hall–Kier alpha value is -2.24. The van der Waals surface area contributed by atoms with Crippen molar-refractivity contribution >= 4 is 38.8 Å². The summed E-state index contributed by atoms with van der Waals surface area (Å²) in [5.74, 6) is 0.413. The molecule has 1 aliphatic carbocycles. The number of rotatable bonds is 7. The van der Waals surface area contributed by atoms with Gasteiger partial charge >= 0.3 is 10.3 Å². The maximum atomic E-state index is 10.9. The van der Waals surface area contributed by atoms with Crippen LogP contribution < -0.4 is 10.0 Å². The van der Waals surface area contributed by atoms with E-state index in [-0.39, 0.29) is 18.5 Å². The lowest BCUT2D eigenvalue weighted by atomic mass is 10.1. The van der Waals surface area contributed by atoms with Crippen LogP contribution in [0.1, 0.15) is 24.4 Å². The van der Waals surface area contributed by atoms with Crippen LogP contribution in [0.5, 0.6) is 0 Å². The van der Waals surface area contributed by atoms with Gasteiger partial charge in [-0.1, -0.05) is 23.7 Å². The Kier molecular flexibility index (Phi) is 5.94. The molecule has 1 aromatic carbocycles. The molecule has 0 amide bonds. The minimum atomic E-state index is -4.28. The van der Waals surface area contributed by atoms with E-state index in [0.29, 0.717) is 30.2 Å². The third-order valence-electron chi connectivity index (χ3n) is 5.44. The second kappa shape index (κ2) is 8.48. The molecule has 0 saturated heterocycles. The summed E-state index contributed by atoms with van der Waals surface area (Å²) in [6.45, 7) is 0.568. The largest absolute Gasteiger partial charge is 0.393 e. The number of anilines is 1. The number of hydrogen-bond acceptors (Lipinski definition) is 6. The van der Waals surface area contributed by atoms with Gasteiger partial charge in [0.25, 0.3) is 0 Å². The number of benzene rings is 1. The number of nitrogens with zero attached hydrogens (tertiary/aromatic N) is 3. The molecule has 2 aromatic heterocycles. The van der Waals surface area contributed by atoms with E-state index in [1.54, 1.807) is 0 Å². The molecule has 4 rings (SSSR count). The second-order valence-electron chi connectivity index (χ2n) is 7.44. The van der Waals surface area contributed by atoms with Crippen LogP contribution in [0, 0.1) is 5.92 Å². The molecule has 1 saturated carbocycles. The average molecular weight is 452 g/mol. The molecular weight excluding hydrogens is 430 g/mol. The Morgan fingerprint density at radius 3 is 2.67 bits per heavy atom. The van der Waals surface area contributed by atoms with E-state index < -0.39 is 16.4 Å². The Labute approximate surface area is 179 Å². The maximum Gasteiger partial charge on any atom is 0.333 e. The summed E-state index contributed by atoms with van der Waals surface area (Å²) in [7, 11) is -4.28. The lowest BCUT2D eigenvalue weighted by Crippen LogP contribution is -2.31. The number of nitrogens with one attached hydrogen (secondary N) is 2. The van der Waals surface area contributed by atoms with Crippen LogP contribution in [0.2, 0.25) is 5.02 Å². The molecule has 3 aromatic rings. The fourth-order valence-corrected chi connectivity index (χ4v) is 4.48. The molecule has 3 atom stereocenters. The first-order valence-electron chi connectivity index (χ1n) is 9.50. The van der Waals surface area contributed by atoms with Gasteiger partial charge in [0.15, 0.2) is 0 Å². The zero-order valence-electron chi connectivity index (χ0n) is 15.9. The molecule has 0 spiro atoms. The van der Waals surface area contributed by atoms with Crippen molar-refractivity contribution in [3.05, 3.63) is 53.4 Å². The summed E-state index contributed by atoms with van der Waals surface area (Å²) in [5, 5.41) is 15.2. The van der Waals surface area contributed by atoms with E-state index in [4.69, 9.17) is 16.2 Å². The molecule has 160 valence electrons. The van der Waals surface area contributed by atoms with Gasteiger partial charge in [0, 0.05) is 36.3 Å². The van der Waals surface area contributed by atoms with E-state index in [9.17, 15) is 13.5 Å². The molecule has 0 aliphatic heterocycles. The van der Waals surface area contributed by atoms with E-state index >= 15 is 0 Å². The normalized spacial score (nSPS) is 21.9. The first kappa shape index (κ1) is 21.0. The molecule has 30 heavy (non-hydrogen) atoms. The molecule has 9 nitrogen and oxygen atoms in total.